The third kappa shape index (κ3) is 6.98. The van der Waals surface area contributed by atoms with Gasteiger partial charge in [-0.1, -0.05) is 13.3 Å². The van der Waals surface area contributed by atoms with Gasteiger partial charge in [0.1, 0.15) is 0 Å². The molecule has 0 aromatic rings. The Kier molecular flexibility index (Phi) is 8.33. The number of carbonyl (C=O) groups excluding carboxylic acids is 1. The molecule has 5 nitrogen and oxygen atoms in total. The number of piperidine rings is 2. The average molecular weight is 339 g/mol. The van der Waals surface area contributed by atoms with Crippen LogP contribution < -0.4 is 10.6 Å². The fourth-order valence-corrected chi connectivity index (χ4v) is 4.13. The van der Waals surface area contributed by atoms with Gasteiger partial charge in [0, 0.05) is 38.3 Å². The molecule has 2 heterocycles. The van der Waals surface area contributed by atoms with Crippen molar-refractivity contribution < 1.29 is 4.79 Å². The minimum Gasteiger partial charge on any atom is -0.338 e. The molecule has 2 fully saturated rings. The van der Waals surface area contributed by atoms with E-state index in [1.54, 1.807) is 0 Å². The summed E-state index contributed by atoms with van der Waals surface area (Å²) in [7, 11) is 0. The minimum absolute atomic E-state index is 0.0146. The molecule has 0 bridgehead atoms. The Morgan fingerprint density at radius 1 is 1.17 bits per heavy atom. The second kappa shape index (κ2) is 10.2. The van der Waals surface area contributed by atoms with Crippen LogP contribution >= 0.6 is 0 Å². The van der Waals surface area contributed by atoms with Crippen LogP contribution in [-0.2, 0) is 0 Å². The highest BCUT2D eigenvalue weighted by Crippen LogP contribution is 2.16. The Morgan fingerprint density at radius 2 is 2.00 bits per heavy atom. The predicted octanol–water partition coefficient (Wildman–Crippen LogP) is 2.67. The van der Waals surface area contributed by atoms with Gasteiger partial charge in [0.05, 0.1) is 0 Å². The van der Waals surface area contributed by atoms with Crippen LogP contribution in [0.3, 0.4) is 0 Å². The first-order chi connectivity index (χ1) is 11.5. The van der Waals surface area contributed by atoms with Crippen LogP contribution in [0.15, 0.2) is 0 Å². The molecule has 2 aliphatic heterocycles. The van der Waals surface area contributed by atoms with Gasteiger partial charge in [-0.25, -0.2) is 4.79 Å². The first kappa shape index (κ1) is 19.5. The summed E-state index contributed by atoms with van der Waals surface area (Å²) >= 11 is 0. The Labute approximate surface area is 148 Å². The fourth-order valence-electron chi connectivity index (χ4n) is 4.13. The summed E-state index contributed by atoms with van der Waals surface area (Å²) in [6, 6.07) is 0.899. The molecule has 2 rings (SSSR count). The monoisotopic (exact) mass is 338 g/mol. The number of likely N-dealkylation sites (tertiary alicyclic amines) is 2. The van der Waals surface area contributed by atoms with E-state index >= 15 is 0 Å². The number of rotatable bonds is 7. The lowest BCUT2D eigenvalue weighted by Crippen LogP contribution is -2.48. The highest BCUT2D eigenvalue weighted by atomic mass is 16.2. The molecule has 3 atom stereocenters. The van der Waals surface area contributed by atoms with Gasteiger partial charge in [0.25, 0.3) is 0 Å². The molecular weight excluding hydrogens is 300 g/mol. The first-order valence-corrected chi connectivity index (χ1v) is 10.1. The van der Waals surface area contributed by atoms with Gasteiger partial charge < -0.3 is 20.4 Å². The molecule has 0 aromatic heterocycles. The number of nitrogens with one attached hydrogen (secondary N) is 2. The molecule has 5 heteroatoms. The molecule has 24 heavy (non-hydrogen) atoms. The van der Waals surface area contributed by atoms with Crippen LogP contribution in [0.25, 0.3) is 0 Å². The third-order valence-corrected chi connectivity index (χ3v) is 5.50. The molecule has 0 aliphatic carbocycles. The van der Waals surface area contributed by atoms with Crippen molar-refractivity contribution in [1.29, 1.82) is 0 Å². The zero-order valence-corrected chi connectivity index (χ0v) is 16.0. The number of hydrogen-bond donors (Lipinski definition) is 2. The Bertz CT molecular complexity index is 376. The van der Waals surface area contributed by atoms with Gasteiger partial charge in [-0.15, -0.1) is 0 Å². The summed E-state index contributed by atoms with van der Waals surface area (Å²) in [4.78, 5) is 17.1. The summed E-state index contributed by atoms with van der Waals surface area (Å²) in [6.07, 6.45) is 7.68. The van der Waals surface area contributed by atoms with Crippen molar-refractivity contribution >= 4 is 6.03 Å². The molecule has 0 radical (unpaired) electrons. The van der Waals surface area contributed by atoms with Gasteiger partial charge >= 0.3 is 6.03 Å². The van der Waals surface area contributed by atoms with E-state index < -0.39 is 0 Å². The molecule has 2 saturated heterocycles. The molecule has 0 saturated carbocycles. The fraction of sp³-hybridized carbons (Fsp3) is 0.947. The van der Waals surface area contributed by atoms with E-state index in [4.69, 9.17) is 0 Å². The highest BCUT2D eigenvalue weighted by molar-refractivity contribution is 5.74. The number of hydrogen-bond acceptors (Lipinski definition) is 3. The van der Waals surface area contributed by atoms with Crippen molar-refractivity contribution in [3.05, 3.63) is 0 Å². The second-order valence-electron chi connectivity index (χ2n) is 8.04. The van der Waals surface area contributed by atoms with E-state index in [9.17, 15) is 4.79 Å². The van der Waals surface area contributed by atoms with Gasteiger partial charge in [0.15, 0.2) is 0 Å². The number of urea groups is 1. The number of amides is 2. The van der Waals surface area contributed by atoms with Crippen LogP contribution in [0.1, 0.15) is 59.3 Å². The summed E-state index contributed by atoms with van der Waals surface area (Å²) in [5, 5.41) is 6.10. The Morgan fingerprint density at radius 3 is 2.75 bits per heavy atom. The molecule has 0 spiro atoms. The molecule has 2 N–H and O–H groups in total. The van der Waals surface area contributed by atoms with Gasteiger partial charge in [-0.3, -0.25) is 0 Å². The maximum Gasteiger partial charge on any atom is 0.315 e. The quantitative estimate of drug-likeness (QED) is 0.702. The number of nitrogens with zero attached hydrogens (tertiary/aromatic N) is 2. The molecule has 140 valence electrons. The van der Waals surface area contributed by atoms with E-state index in [1.807, 2.05) is 0 Å². The Balaban J connectivity index is 1.54. The normalized spacial score (nSPS) is 27.6. The lowest BCUT2D eigenvalue weighted by molar-refractivity contribution is 0.158. The molecule has 2 aliphatic rings. The second-order valence-corrected chi connectivity index (χ2v) is 8.04. The SMILES string of the molecule is CC1CCCN(CC(C)NC(=O)NCCCN2CCCCC2C)C1. The molecule has 0 aromatic carbocycles. The predicted molar refractivity (Wildman–Crippen MR) is 100 cm³/mol. The number of carbonyl (C=O) groups is 1. The van der Waals surface area contributed by atoms with Gasteiger partial charge in [0.2, 0.25) is 0 Å². The summed E-state index contributed by atoms with van der Waals surface area (Å²) in [6.45, 7) is 13.1. The van der Waals surface area contributed by atoms with E-state index in [0.717, 1.165) is 32.0 Å². The maximum absolute atomic E-state index is 12.0. The largest absolute Gasteiger partial charge is 0.338 e. The maximum atomic E-state index is 12.0. The van der Waals surface area contributed by atoms with Crippen molar-refractivity contribution in [3.8, 4) is 0 Å². The topological polar surface area (TPSA) is 47.6 Å². The van der Waals surface area contributed by atoms with Crippen LogP contribution in [0, 0.1) is 5.92 Å². The van der Waals surface area contributed by atoms with E-state index in [0.29, 0.717) is 6.04 Å². The van der Waals surface area contributed by atoms with Crippen LogP contribution in [0.2, 0.25) is 0 Å². The van der Waals surface area contributed by atoms with Crippen LogP contribution in [-0.4, -0.2) is 67.2 Å². The van der Waals surface area contributed by atoms with Gasteiger partial charge in [-0.2, -0.15) is 0 Å². The van der Waals surface area contributed by atoms with Crippen molar-refractivity contribution in [3.63, 3.8) is 0 Å². The molecule has 2 amide bonds. The van der Waals surface area contributed by atoms with Crippen molar-refractivity contribution in [2.45, 2.75) is 71.4 Å². The van der Waals surface area contributed by atoms with Gasteiger partial charge in [-0.05, 0) is 65.0 Å². The van der Waals surface area contributed by atoms with Crippen LogP contribution in [0.4, 0.5) is 4.79 Å². The third-order valence-electron chi connectivity index (χ3n) is 5.50. The van der Waals surface area contributed by atoms with Crippen molar-refractivity contribution in [1.82, 2.24) is 20.4 Å². The van der Waals surface area contributed by atoms with Crippen LogP contribution in [0.5, 0.6) is 0 Å². The Hall–Kier alpha value is -0.810. The smallest absolute Gasteiger partial charge is 0.315 e. The average Bonchev–Trinajstić information content (AvgIpc) is 2.53. The lowest BCUT2D eigenvalue weighted by atomic mass is 10.00. The summed E-state index contributed by atoms with van der Waals surface area (Å²) < 4.78 is 0. The van der Waals surface area contributed by atoms with Crippen molar-refractivity contribution in [2.75, 3.05) is 39.3 Å². The highest BCUT2D eigenvalue weighted by Gasteiger charge is 2.19. The lowest BCUT2D eigenvalue weighted by Gasteiger charge is -2.33. The zero-order chi connectivity index (χ0) is 17.4. The minimum atomic E-state index is -0.0146. The summed E-state index contributed by atoms with van der Waals surface area (Å²) in [5.41, 5.74) is 0. The standard InChI is InChI=1S/C19H38N4O/c1-16-8-6-11-22(14-16)15-17(2)21-19(24)20-10-7-13-23-12-5-4-9-18(23)3/h16-18H,4-15H2,1-3H3,(H2,20,21,24). The first-order valence-electron chi connectivity index (χ1n) is 10.1. The van der Waals surface area contributed by atoms with E-state index in [-0.39, 0.29) is 12.1 Å². The summed E-state index contributed by atoms with van der Waals surface area (Å²) in [5.74, 6) is 0.789. The molecule has 3 unspecified atom stereocenters. The van der Waals surface area contributed by atoms with E-state index in [1.165, 1.54) is 51.7 Å². The molecular formula is C19H38N4O. The van der Waals surface area contributed by atoms with Crippen molar-refractivity contribution in [2.24, 2.45) is 5.92 Å². The van der Waals surface area contributed by atoms with E-state index in [2.05, 4.69) is 41.2 Å². The zero-order valence-electron chi connectivity index (χ0n) is 16.0.